The van der Waals surface area contributed by atoms with Crippen molar-refractivity contribution in [3.8, 4) is 0 Å². The zero-order chi connectivity index (χ0) is 20.1. The summed E-state index contributed by atoms with van der Waals surface area (Å²) in [5.74, 6) is -0.279. The molecular weight excluding hydrogens is 368 g/mol. The first-order valence-electron chi connectivity index (χ1n) is 9.39. The predicted molar refractivity (Wildman–Crippen MR) is 111 cm³/mol. The third-order valence-corrected chi connectivity index (χ3v) is 4.53. The second kappa shape index (κ2) is 8.68. The van der Waals surface area contributed by atoms with Crippen molar-refractivity contribution >= 4 is 22.5 Å². The Hall–Kier alpha value is -3.49. The Morgan fingerprint density at radius 1 is 1.14 bits per heavy atom. The van der Waals surface area contributed by atoms with Crippen LogP contribution in [0.5, 0.6) is 0 Å². The first kappa shape index (κ1) is 18.9. The van der Waals surface area contributed by atoms with Crippen LogP contribution >= 0.6 is 0 Å². The van der Waals surface area contributed by atoms with E-state index in [2.05, 4.69) is 32.0 Å². The summed E-state index contributed by atoms with van der Waals surface area (Å²) in [6, 6.07) is 15.7. The number of carbonyl (C=O) groups is 1. The van der Waals surface area contributed by atoms with E-state index in [0.717, 1.165) is 22.0 Å². The highest BCUT2D eigenvalue weighted by Gasteiger charge is 2.14. The van der Waals surface area contributed by atoms with Crippen LogP contribution in [0.4, 0.5) is 5.69 Å². The van der Waals surface area contributed by atoms with Crippen LogP contribution in [0.15, 0.2) is 60.9 Å². The number of aliphatic hydroxyl groups excluding tert-OH is 1. The fourth-order valence-electron chi connectivity index (χ4n) is 3.18. The van der Waals surface area contributed by atoms with Crippen LogP contribution in [0.1, 0.15) is 21.6 Å². The van der Waals surface area contributed by atoms with Crippen molar-refractivity contribution in [3.63, 3.8) is 0 Å². The number of hydrogen-bond donors (Lipinski definition) is 4. The molecule has 0 spiro atoms. The Morgan fingerprint density at radius 2 is 2.00 bits per heavy atom. The first-order chi connectivity index (χ1) is 14.2. The number of rotatable bonds is 8. The predicted octanol–water partition coefficient (Wildman–Crippen LogP) is 2.14. The molecule has 2 heterocycles. The van der Waals surface area contributed by atoms with Gasteiger partial charge < -0.3 is 15.7 Å². The van der Waals surface area contributed by atoms with Gasteiger partial charge in [0.2, 0.25) is 0 Å². The van der Waals surface area contributed by atoms with Gasteiger partial charge in [-0.1, -0.05) is 42.5 Å². The topological polar surface area (TPSA) is 108 Å². The molecule has 1 amide bonds. The number of H-pyrrole nitrogens is 1. The summed E-state index contributed by atoms with van der Waals surface area (Å²) in [5.41, 5.74) is 4.04. The number of nitrogens with zero attached hydrogens (tertiary/aromatic N) is 3. The van der Waals surface area contributed by atoms with Gasteiger partial charge in [-0.2, -0.15) is 10.2 Å². The van der Waals surface area contributed by atoms with Crippen molar-refractivity contribution in [1.82, 2.24) is 25.3 Å². The van der Waals surface area contributed by atoms with E-state index >= 15 is 0 Å². The van der Waals surface area contributed by atoms with Crippen molar-refractivity contribution in [2.24, 2.45) is 0 Å². The molecule has 0 aliphatic rings. The molecule has 0 atom stereocenters. The minimum absolute atomic E-state index is 0.121. The molecule has 8 heteroatoms. The first-order valence-corrected chi connectivity index (χ1v) is 9.39. The molecule has 29 heavy (non-hydrogen) atoms. The molecule has 4 rings (SSSR count). The summed E-state index contributed by atoms with van der Waals surface area (Å²) < 4.78 is 1.78. The average Bonchev–Trinajstić information content (AvgIpc) is 3.35. The quantitative estimate of drug-likeness (QED) is 0.345. The van der Waals surface area contributed by atoms with Gasteiger partial charge in [-0.15, -0.1) is 0 Å². The zero-order valence-electron chi connectivity index (χ0n) is 15.8. The molecule has 8 nitrogen and oxygen atoms in total. The van der Waals surface area contributed by atoms with Gasteiger partial charge in [-0.05, 0) is 17.2 Å². The molecule has 2 aromatic carbocycles. The molecular formula is C21H22N6O2. The number of amides is 1. The maximum Gasteiger partial charge on any atom is 0.276 e. The van der Waals surface area contributed by atoms with E-state index < -0.39 is 0 Å². The number of nitrogens with one attached hydrogen (secondary N) is 3. The van der Waals surface area contributed by atoms with Crippen molar-refractivity contribution in [2.75, 3.05) is 18.5 Å². The lowest BCUT2D eigenvalue weighted by molar-refractivity contribution is 0.102. The van der Waals surface area contributed by atoms with Gasteiger partial charge in [-0.25, -0.2) is 0 Å². The Bertz CT molecular complexity index is 1120. The van der Waals surface area contributed by atoms with E-state index in [4.69, 9.17) is 5.11 Å². The van der Waals surface area contributed by atoms with Crippen LogP contribution in [0.3, 0.4) is 0 Å². The molecule has 0 aliphatic carbocycles. The summed E-state index contributed by atoms with van der Waals surface area (Å²) >= 11 is 0. The molecule has 0 fully saturated rings. The van der Waals surface area contributed by atoms with E-state index in [0.29, 0.717) is 31.0 Å². The summed E-state index contributed by atoms with van der Waals surface area (Å²) in [5, 5.41) is 27.0. The average molecular weight is 390 g/mol. The lowest BCUT2D eigenvalue weighted by Gasteiger charge is -2.06. The van der Waals surface area contributed by atoms with Crippen LogP contribution in [0, 0.1) is 0 Å². The van der Waals surface area contributed by atoms with Crippen LogP contribution in [-0.4, -0.2) is 44.1 Å². The lowest BCUT2D eigenvalue weighted by Crippen LogP contribution is -2.17. The summed E-state index contributed by atoms with van der Waals surface area (Å²) in [6.07, 6.45) is 3.42. The van der Waals surface area contributed by atoms with Gasteiger partial charge in [0.05, 0.1) is 30.6 Å². The zero-order valence-corrected chi connectivity index (χ0v) is 15.8. The highest BCUT2D eigenvalue weighted by Crippen LogP contribution is 2.17. The van der Waals surface area contributed by atoms with Crippen molar-refractivity contribution in [1.29, 1.82) is 0 Å². The number of carbonyl (C=O) groups excluding carboxylic acids is 1. The van der Waals surface area contributed by atoms with Crippen LogP contribution in [-0.2, 0) is 13.1 Å². The molecule has 2 aromatic heterocycles. The molecule has 0 saturated heterocycles. The number of anilines is 1. The minimum atomic E-state index is -0.279. The van der Waals surface area contributed by atoms with E-state index in [9.17, 15) is 4.79 Å². The fraction of sp³-hybridized carbons (Fsp3) is 0.190. The largest absolute Gasteiger partial charge is 0.395 e. The standard InChI is InChI=1S/C21H22N6O2/c28-9-8-22-11-15-4-3-5-16(10-15)13-27-14-17(12-23-27)24-21(29)20-18-6-1-2-7-19(18)25-26-20/h1-7,10,12,14,22,28H,8-9,11,13H2,(H,24,29)(H,25,26). The Labute approximate surface area is 167 Å². The van der Waals surface area contributed by atoms with E-state index in [-0.39, 0.29) is 12.5 Å². The third kappa shape index (κ3) is 4.50. The molecule has 0 radical (unpaired) electrons. The molecule has 148 valence electrons. The van der Waals surface area contributed by atoms with E-state index in [1.807, 2.05) is 42.5 Å². The van der Waals surface area contributed by atoms with E-state index in [1.54, 1.807) is 17.1 Å². The van der Waals surface area contributed by atoms with Gasteiger partial charge in [-0.3, -0.25) is 14.6 Å². The van der Waals surface area contributed by atoms with Crippen LogP contribution in [0.25, 0.3) is 10.9 Å². The van der Waals surface area contributed by atoms with Gasteiger partial charge in [0.15, 0.2) is 5.69 Å². The molecule has 4 aromatic rings. The van der Waals surface area contributed by atoms with E-state index in [1.165, 1.54) is 0 Å². The van der Waals surface area contributed by atoms with Crippen molar-refractivity contribution < 1.29 is 9.90 Å². The minimum Gasteiger partial charge on any atom is -0.395 e. The number of benzene rings is 2. The normalized spacial score (nSPS) is 11.1. The van der Waals surface area contributed by atoms with Crippen LogP contribution in [0.2, 0.25) is 0 Å². The third-order valence-electron chi connectivity index (χ3n) is 4.53. The molecule has 0 saturated carbocycles. The smallest absolute Gasteiger partial charge is 0.276 e. The number of aromatic amines is 1. The lowest BCUT2D eigenvalue weighted by atomic mass is 10.1. The van der Waals surface area contributed by atoms with Crippen molar-refractivity contribution in [3.05, 3.63) is 77.7 Å². The maximum absolute atomic E-state index is 12.6. The number of para-hydroxylation sites is 1. The van der Waals surface area contributed by atoms with Crippen LogP contribution < -0.4 is 10.6 Å². The highest BCUT2D eigenvalue weighted by molar-refractivity contribution is 6.10. The van der Waals surface area contributed by atoms with Gasteiger partial charge in [0, 0.05) is 24.7 Å². The maximum atomic E-state index is 12.6. The highest BCUT2D eigenvalue weighted by atomic mass is 16.3. The van der Waals surface area contributed by atoms with Crippen molar-refractivity contribution in [2.45, 2.75) is 13.1 Å². The number of aromatic nitrogens is 4. The SMILES string of the molecule is O=C(Nc1cnn(Cc2cccc(CNCCO)c2)c1)c1n[nH]c2ccccc12. The monoisotopic (exact) mass is 390 g/mol. The number of hydrogen-bond acceptors (Lipinski definition) is 5. The Balaban J connectivity index is 1.41. The molecule has 0 bridgehead atoms. The molecule has 0 aliphatic heterocycles. The van der Waals surface area contributed by atoms with Gasteiger partial charge >= 0.3 is 0 Å². The molecule has 4 N–H and O–H groups in total. The summed E-state index contributed by atoms with van der Waals surface area (Å²) in [7, 11) is 0. The number of fused-ring (bicyclic) bond motifs is 1. The van der Waals surface area contributed by atoms with Gasteiger partial charge in [0.1, 0.15) is 0 Å². The Morgan fingerprint density at radius 3 is 2.90 bits per heavy atom. The second-order valence-corrected chi connectivity index (χ2v) is 6.72. The Kier molecular flexibility index (Phi) is 5.64. The summed E-state index contributed by atoms with van der Waals surface area (Å²) in [4.78, 5) is 12.6. The second-order valence-electron chi connectivity index (χ2n) is 6.72. The van der Waals surface area contributed by atoms with Gasteiger partial charge in [0.25, 0.3) is 5.91 Å². The molecule has 0 unspecified atom stereocenters. The fourth-order valence-corrected chi connectivity index (χ4v) is 3.18. The number of aliphatic hydroxyl groups is 1. The summed E-state index contributed by atoms with van der Waals surface area (Å²) in [6.45, 7) is 1.98.